The largest absolute Gasteiger partial charge is 0.483 e. The van der Waals surface area contributed by atoms with Gasteiger partial charge in [0, 0.05) is 20.8 Å². The highest BCUT2D eigenvalue weighted by molar-refractivity contribution is 9.10. The van der Waals surface area contributed by atoms with Gasteiger partial charge in [0.25, 0.3) is 5.91 Å². The van der Waals surface area contributed by atoms with Gasteiger partial charge in [-0.15, -0.1) is 0 Å². The van der Waals surface area contributed by atoms with Gasteiger partial charge in [0.15, 0.2) is 6.61 Å². The van der Waals surface area contributed by atoms with E-state index in [0.717, 1.165) is 44.6 Å². The molecule has 0 aliphatic carbocycles. The molecule has 2 aliphatic heterocycles. The molecular formula is C29H19BrF3N3O5S2. The van der Waals surface area contributed by atoms with E-state index in [2.05, 4.69) is 26.2 Å². The molecule has 43 heavy (non-hydrogen) atoms. The van der Waals surface area contributed by atoms with Crippen LogP contribution in [0, 0.1) is 5.92 Å². The Morgan fingerprint density at radius 2 is 1.67 bits per heavy atom. The summed E-state index contributed by atoms with van der Waals surface area (Å²) in [4.78, 5) is 56.8. The summed E-state index contributed by atoms with van der Waals surface area (Å²) >= 11 is 5.40. The van der Waals surface area contributed by atoms with E-state index in [-0.39, 0.29) is 10.6 Å². The molecule has 2 aliphatic rings. The second kappa shape index (κ2) is 11.3. The van der Waals surface area contributed by atoms with E-state index in [4.69, 9.17) is 4.74 Å². The summed E-state index contributed by atoms with van der Waals surface area (Å²) in [6, 6.07) is 17.9. The molecule has 3 heterocycles. The maximum atomic E-state index is 13.9. The van der Waals surface area contributed by atoms with Crippen molar-refractivity contribution in [2.24, 2.45) is 5.92 Å². The Hall–Kier alpha value is -3.88. The summed E-state index contributed by atoms with van der Waals surface area (Å²) in [5.74, 6) is -3.18. The lowest BCUT2D eigenvalue weighted by Crippen LogP contribution is -2.32. The number of nitrogens with one attached hydrogen (secondary N) is 2. The number of imide groups is 1. The van der Waals surface area contributed by atoms with E-state index < -0.39 is 58.8 Å². The lowest BCUT2D eigenvalue weighted by atomic mass is 9.82. The van der Waals surface area contributed by atoms with Crippen LogP contribution in [0.15, 0.2) is 87.1 Å². The second-order valence-corrected chi connectivity index (χ2v) is 12.7. The fourth-order valence-electron chi connectivity index (χ4n) is 5.23. The molecular weight excluding hydrogens is 671 g/mol. The van der Waals surface area contributed by atoms with Crippen molar-refractivity contribution >= 4 is 68.1 Å². The Balaban J connectivity index is 1.32. The van der Waals surface area contributed by atoms with E-state index in [0.29, 0.717) is 21.2 Å². The Kier molecular flexibility index (Phi) is 7.69. The molecule has 1 fully saturated rings. The number of benzene rings is 3. The minimum absolute atomic E-state index is 0.187. The van der Waals surface area contributed by atoms with Gasteiger partial charge in [-0.2, -0.15) is 13.2 Å². The average Bonchev–Trinajstić information content (AvgIpc) is 3.46. The molecule has 3 atom stereocenters. The number of H-pyrrole nitrogens is 1. The maximum absolute atomic E-state index is 13.9. The Bertz CT molecular complexity index is 1810. The maximum Gasteiger partial charge on any atom is 0.418 e. The first kappa shape index (κ1) is 29.2. The minimum atomic E-state index is -4.67. The topological polar surface area (TPSA) is 109 Å². The van der Waals surface area contributed by atoms with Crippen molar-refractivity contribution < 1.29 is 32.3 Å². The van der Waals surface area contributed by atoms with Crippen LogP contribution < -0.4 is 19.8 Å². The third-order valence-corrected chi connectivity index (χ3v) is 9.96. The molecule has 3 amide bonds. The molecule has 4 aromatic rings. The van der Waals surface area contributed by atoms with Crippen LogP contribution in [0.1, 0.15) is 21.9 Å². The van der Waals surface area contributed by atoms with Crippen LogP contribution in [-0.4, -0.2) is 34.6 Å². The number of fused-ring (bicyclic) bond motifs is 2. The summed E-state index contributed by atoms with van der Waals surface area (Å²) in [6.45, 7) is -0.632. The zero-order valence-corrected chi connectivity index (χ0v) is 24.9. The van der Waals surface area contributed by atoms with Crippen molar-refractivity contribution in [2.45, 2.75) is 22.4 Å². The predicted octanol–water partition coefficient (Wildman–Crippen LogP) is 6.03. The van der Waals surface area contributed by atoms with Gasteiger partial charge < -0.3 is 15.0 Å². The highest BCUT2D eigenvalue weighted by Gasteiger charge is 2.56. The van der Waals surface area contributed by atoms with Crippen molar-refractivity contribution in [2.75, 3.05) is 16.8 Å². The highest BCUT2D eigenvalue weighted by Crippen LogP contribution is 2.54. The lowest BCUT2D eigenvalue weighted by Gasteiger charge is -2.30. The minimum Gasteiger partial charge on any atom is -0.483 e. The summed E-state index contributed by atoms with van der Waals surface area (Å²) in [5, 5.41) is 1.87. The van der Waals surface area contributed by atoms with E-state index >= 15 is 0 Å². The number of alkyl halides is 3. The number of hydrogen-bond acceptors (Lipinski definition) is 7. The second-order valence-electron chi connectivity index (χ2n) is 9.66. The summed E-state index contributed by atoms with van der Waals surface area (Å²) in [5.41, 5.74) is -0.543. The van der Waals surface area contributed by atoms with Crippen molar-refractivity contribution in [3.63, 3.8) is 0 Å². The van der Waals surface area contributed by atoms with Crippen molar-refractivity contribution in [3.05, 3.63) is 103 Å². The number of anilines is 2. The molecule has 2 N–H and O–H groups in total. The van der Waals surface area contributed by atoms with Gasteiger partial charge in [0.1, 0.15) is 11.0 Å². The monoisotopic (exact) mass is 689 g/mol. The number of rotatable bonds is 6. The molecule has 1 aromatic heterocycles. The van der Waals surface area contributed by atoms with Crippen LogP contribution in [0.5, 0.6) is 5.75 Å². The number of hydrogen-bond donors (Lipinski definition) is 2. The highest BCUT2D eigenvalue weighted by atomic mass is 79.9. The number of carbonyl (C=O) groups excluding carboxylic acids is 3. The molecule has 0 radical (unpaired) electrons. The molecule has 14 heteroatoms. The van der Waals surface area contributed by atoms with E-state index in [9.17, 15) is 32.3 Å². The first-order chi connectivity index (χ1) is 20.5. The summed E-state index contributed by atoms with van der Waals surface area (Å²) in [6.07, 6.45) is -4.67. The molecule has 0 spiro atoms. The van der Waals surface area contributed by atoms with Crippen LogP contribution >= 0.6 is 39.0 Å². The van der Waals surface area contributed by atoms with Crippen LogP contribution in [0.4, 0.5) is 24.5 Å². The molecule has 0 saturated carbocycles. The number of halogens is 4. The van der Waals surface area contributed by atoms with Gasteiger partial charge in [0.05, 0.1) is 27.9 Å². The third kappa shape index (κ3) is 5.50. The molecule has 0 bridgehead atoms. The van der Waals surface area contributed by atoms with Gasteiger partial charge in [-0.05, 0) is 42.5 Å². The number of nitrogens with zero attached hydrogens (tertiary/aromatic N) is 1. The van der Waals surface area contributed by atoms with E-state index in [1.165, 1.54) is 12.1 Å². The number of thiazole rings is 1. The van der Waals surface area contributed by atoms with Gasteiger partial charge in [-0.3, -0.25) is 19.2 Å². The summed E-state index contributed by atoms with van der Waals surface area (Å²) < 4.78 is 46.7. The Morgan fingerprint density at radius 3 is 2.42 bits per heavy atom. The SMILES string of the molecule is O=C(COc1ccccc1C1c2sc(=O)[nH]c2SC2C(=O)N(c3ccc(Br)cc3)C(=O)C21)Nc1ccccc1C(F)(F)F. The molecule has 220 valence electrons. The van der Waals surface area contributed by atoms with Gasteiger partial charge in [-0.25, -0.2) is 4.90 Å². The van der Waals surface area contributed by atoms with E-state index in [1.54, 1.807) is 48.5 Å². The number of amides is 3. The fraction of sp³-hybridized carbons (Fsp3) is 0.172. The van der Waals surface area contributed by atoms with Crippen LogP contribution in [0.25, 0.3) is 0 Å². The number of thioether (sulfide) groups is 1. The van der Waals surface area contributed by atoms with Gasteiger partial charge >= 0.3 is 11.0 Å². The molecule has 3 aromatic carbocycles. The Morgan fingerprint density at radius 1 is 0.977 bits per heavy atom. The lowest BCUT2D eigenvalue weighted by molar-refractivity contribution is -0.137. The quantitative estimate of drug-likeness (QED) is 0.240. The first-order valence-corrected chi connectivity index (χ1v) is 15.2. The number of aromatic nitrogens is 1. The molecule has 3 unspecified atom stereocenters. The normalized spacial score (nSPS) is 19.6. The van der Waals surface area contributed by atoms with Gasteiger partial charge in [0.2, 0.25) is 11.8 Å². The molecule has 1 saturated heterocycles. The van der Waals surface area contributed by atoms with Crippen LogP contribution in [0.3, 0.4) is 0 Å². The van der Waals surface area contributed by atoms with Gasteiger partial charge in [-0.1, -0.05) is 69.4 Å². The zero-order valence-electron chi connectivity index (χ0n) is 21.7. The standard InChI is InChI=1S/C29H19BrF3N3O5S2/c30-14-9-11-15(12-10-14)36-26(38)22-21(23-25(35-28(40)43-23)42-24(22)27(36)39)16-5-1-4-8-19(16)41-13-20(37)34-18-7-3-2-6-17(18)29(31,32)33/h1-12,21-22,24H,13H2,(H,34,37)(H,35,40). The number of carbonyl (C=O) groups is 3. The summed E-state index contributed by atoms with van der Waals surface area (Å²) in [7, 11) is 0. The Labute approximate surface area is 258 Å². The molecule has 8 nitrogen and oxygen atoms in total. The van der Waals surface area contributed by atoms with E-state index in [1.807, 2.05) is 0 Å². The number of ether oxygens (including phenoxy) is 1. The smallest absolute Gasteiger partial charge is 0.418 e. The first-order valence-electron chi connectivity index (χ1n) is 12.7. The average molecular weight is 691 g/mol. The van der Waals surface area contributed by atoms with Crippen LogP contribution in [0.2, 0.25) is 0 Å². The zero-order chi connectivity index (χ0) is 30.5. The third-order valence-electron chi connectivity index (χ3n) is 7.03. The van der Waals surface area contributed by atoms with Crippen molar-refractivity contribution in [1.29, 1.82) is 0 Å². The number of para-hydroxylation sites is 2. The van der Waals surface area contributed by atoms with Crippen molar-refractivity contribution in [1.82, 2.24) is 4.98 Å². The van der Waals surface area contributed by atoms with Crippen LogP contribution in [-0.2, 0) is 20.6 Å². The fourth-order valence-corrected chi connectivity index (χ4v) is 8.01. The predicted molar refractivity (Wildman–Crippen MR) is 159 cm³/mol. The number of aromatic amines is 1. The molecule has 6 rings (SSSR count). The van der Waals surface area contributed by atoms with Crippen molar-refractivity contribution in [3.8, 4) is 5.75 Å².